The second kappa shape index (κ2) is 11.8. The molecule has 2 N–H and O–H groups in total. The summed E-state index contributed by atoms with van der Waals surface area (Å²) in [6, 6.07) is 17.7. The van der Waals surface area contributed by atoms with Crippen LogP contribution in [0.1, 0.15) is 36.7 Å². The maximum absolute atomic E-state index is 12.5. The quantitative estimate of drug-likeness (QED) is 0.419. The maximum atomic E-state index is 12.5. The van der Waals surface area contributed by atoms with Crippen LogP contribution in [0, 0.1) is 0 Å². The number of carbonyl (C=O) groups excluding carboxylic acids is 2. The highest BCUT2D eigenvalue weighted by atomic mass is 16.6. The van der Waals surface area contributed by atoms with Crippen LogP contribution in [0.25, 0.3) is 0 Å². The Balaban J connectivity index is 1.41. The Kier molecular flexibility index (Phi) is 8.59. The Morgan fingerprint density at radius 2 is 1.56 bits per heavy atom. The number of hydrogen-bond donors (Lipinski definition) is 2. The molecule has 0 aliphatic rings. The fourth-order valence-corrected chi connectivity index (χ4v) is 2.85. The summed E-state index contributed by atoms with van der Waals surface area (Å²) in [6.45, 7) is 6.68. The molecule has 0 saturated carbocycles. The van der Waals surface area contributed by atoms with Crippen LogP contribution in [0.15, 0.2) is 73.1 Å². The minimum Gasteiger partial charge on any atom is -0.490 e. The molecule has 0 aliphatic carbocycles. The summed E-state index contributed by atoms with van der Waals surface area (Å²) in [5.74, 6) is 0.473. The highest BCUT2D eigenvalue weighted by Crippen LogP contribution is 2.17. The lowest BCUT2D eigenvalue weighted by molar-refractivity contribution is 0.0635. The standard InChI is InChI=1S/C26H29N3O5/c1-26(2,3)34-25(31)29-22-12-10-21(11-13-22)28-24(30)20-8-6-19(7-9-20)18-32-15-16-33-23-5-4-14-27-17-23/h4-14,17H,15-16,18H2,1-3H3,(H,28,30)(H,29,31). The molecular weight excluding hydrogens is 434 g/mol. The van der Waals surface area contributed by atoms with Gasteiger partial charge in [-0.3, -0.25) is 15.1 Å². The van der Waals surface area contributed by atoms with Gasteiger partial charge >= 0.3 is 6.09 Å². The van der Waals surface area contributed by atoms with Gasteiger partial charge in [-0.1, -0.05) is 12.1 Å². The van der Waals surface area contributed by atoms with Gasteiger partial charge in [0.25, 0.3) is 5.91 Å². The first-order valence-corrected chi connectivity index (χ1v) is 10.9. The summed E-state index contributed by atoms with van der Waals surface area (Å²) < 4.78 is 16.4. The van der Waals surface area contributed by atoms with E-state index < -0.39 is 11.7 Å². The predicted octanol–water partition coefficient (Wildman–Crippen LogP) is 5.28. The van der Waals surface area contributed by atoms with Gasteiger partial charge in [-0.15, -0.1) is 0 Å². The van der Waals surface area contributed by atoms with Crippen LogP contribution < -0.4 is 15.4 Å². The van der Waals surface area contributed by atoms with Crippen molar-refractivity contribution in [3.63, 3.8) is 0 Å². The molecule has 3 aromatic rings. The van der Waals surface area contributed by atoms with Crippen LogP contribution in [0.5, 0.6) is 5.75 Å². The van der Waals surface area contributed by atoms with E-state index >= 15 is 0 Å². The molecule has 3 rings (SSSR count). The Morgan fingerprint density at radius 1 is 0.882 bits per heavy atom. The predicted molar refractivity (Wildman–Crippen MR) is 130 cm³/mol. The number of ether oxygens (including phenoxy) is 3. The molecule has 8 nitrogen and oxygen atoms in total. The number of pyridine rings is 1. The van der Waals surface area contributed by atoms with Gasteiger partial charge in [0.15, 0.2) is 0 Å². The van der Waals surface area contributed by atoms with Crippen molar-refractivity contribution >= 4 is 23.4 Å². The molecule has 0 aliphatic heterocycles. The minimum atomic E-state index is -0.575. The van der Waals surface area contributed by atoms with Crippen LogP contribution >= 0.6 is 0 Å². The number of anilines is 2. The lowest BCUT2D eigenvalue weighted by Crippen LogP contribution is -2.27. The van der Waals surface area contributed by atoms with E-state index in [0.717, 1.165) is 5.56 Å². The smallest absolute Gasteiger partial charge is 0.412 e. The van der Waals surface area contributed by atoms with Crippen molar-refractivity contribution in [3.05, 3.63) is 84.2 Å². The van der Waals surface area contributed by atoms with Crippen molar-refractivity contribution in [1.82, 2.24) is 4.98 Å². The van der Waals surface area contributed by atoms with Crippen molar-refractivity contribution in [3.8, 4) is 5.75 Å². The molecule has 0 unspecified atom stereocenters. The van der Waals surface area contributed by atoms with E-state index in [2.05, 4.69) is 15.6 Å². The monoisotopic (exact) mass is 463 g/mol. The normalized spacial score (nSPS) is 10.9. The van der Waals surface area contributed by atoms with Crippen molar-refractivity contribution in [1.29, 1.82) is 0 Å². The third kappa shape index (κ3) is 8.55. The molecule has 0 radical (unpaired) electrons. The molecule has 1 aromatic heterocycles. The number of rotatable bonds is 9. The highest BCUT2D eigenvalue weighted by molar-refractivity contribution is 6.04. The molecule has 0 fully saturated rings. The van der Waals surface area contributed by atoms with Gasteiger partial charge in [0.2, 0.25) is 0 Å². The zero-order valence-electron chi connectivity index (χ0n) is 19.5. The van der Waals surface area contributed by atoms with Crippen molar-refractivity contribution < 1.29 is 23.8 Å². The zero-order valence-corrected chi connectivity index (χ0v) is 19.5. The van der Waals surface area contributed by atoms with E-state index in [4.69, 9.17) is 14.2 Å². The Hall–Kier alpha value is -3.91. The van der Waals surface area contributed by atoms with E-state index in [9.17, 15) is 9.59 Å². The molecule has 34 heavy (non-hydrogen) atoms. The van der Waals surface area contributed by atoms with Gasteiger partial charge in [0.05, 0.1) is 19.4 Å². The number of aromatic nitrogens is 1. The van der Waals surface area contributed by atoms with Crippen molar-refractivity contribution in [2.45, 2.75) is 33.0 Å². The number of nitrogens with one attached hydrogen (secondary N) is 2. The second-order valence-corrected chi connectivity index (χ2v) is 8.45. The van der Waals surface area contributed by atoms with Gasteiger partial charge in [-0.2, -0.15) is 0 Å². The molecule has 178 valence electrons. The number of nitrogens with zero attached hydrogens (tertiary/aromatic N) is 1. The third-order valence-electron chi connectivity index (χ3n) is 4.40. The Bertz CT molecular complexity index is 1060. The minimum absolute atomic E-state index is 0.231. The molecule has 0 saturated heterocycles. The lowest BCUT2D eigenvalue weighted by atomic mass is 10.1. The second-order valence-electron chi connectivity index (χ2n) is 8.45. The molecule has 2 aromatic carbocycles. The topological polar surface area (TPSA) is 98.8 Å². The van der Waals surface area contributed by atoms with E-state index in [1.165, 1.54) is 0 Å². The average Bonchev–Trinajstić information content (AvgIpc) is 2.80. The summed E-state index contributed by atoms with van der Waals surface area (Å²) in [5.41, 5.74) is 2.09. The Labute approximate surface area is 199 Å². The molecule has 8 heteroatoms. The van der Waals surface area contributed by atoms with Crippen LogP contribution in [0.4, 0.5) is 16.2 Å². The SMILES string of the molecule is CC(C)(C)OC(=O)Nc1ccc(NC(=O)c2ccc(COCCOc3cccnc3)cc2)cc1. The first-order valence-electron chi connectivity index (χ1n) is 10.9. The molecule has 0 spiro atoms. The van der Waals surface area contributed by atoms with Crippen molar-refractivity contribution in [2.75, 3.05) is 23.8 Å². The Morgan fingerprint density at radius 3 is 2.18 bits per heavy atom. The van der Waals surface area contributed by atoms with E-state index in [1.54, 1.807) is 69.6 Å². The van der Waals surface area contributed by atoms with Gasteiger partial charge in [-0.05, 0) is 74.9 Å². The van der Waals surface area contributed by atoms with Crippen molar-refractivity contribution in [2.24, 2.45) is 0 Å². The lowest BCUT2D eigenvalue weighted by Gasteiger charge is -2.19. The van der Waals surface area contributed by atoms with E-state index in [0.29, 0.717) is 42.5 Å². The number of hydrogen-bond acceptors (Lipinski definition) is 6. The third-order valence-corrected chi connectivity index (χ3v) is 4.40. The highest BCUT2D eigenvalue weighted by Gasteiger charge is 2.16. The summed E-state index contributed by atoms with van der Waals surface area (Å²) >= 11 is 0. The molecule has 2 amide bonds. The first kappa shape index (κ1) is 24.7. The van der Waals surface area contributed by atoms with Crippen LogP contribution in [0.3, 0.4) is 0 Å². The molecule has 0 atom stereocenters. The average molecular weight is 464 g/mol. The maximum Gasteiger partial charge on any atom is 0.412 e. The summed E-state index contributed by atoms with van der Waals surface area (Å²) in [7, 11) is 0. The summed E-state index contributed by atoms with van der Waals surface area (Å²) in [5, 5.41) is 5.49. The fourth-order valence-electron chi connectivity index (χ4n) is 2.85. The van der Waals surface area contributed by atoms with Gasteiger partial charge in [0.1, 0.15) is 18.0 Å². The number of carbonyl (C=O) groups is 2. The summed E-state index contributed by atoms with van der Waals surface area (Å²) in [6.07, 6.45) is 2.81. The van der Waals surface area contributed by atoms with Crippen LogP contribution in [-0.4, -0.2) is 35.8 Å². The van der Waals surface area contributed by atoms with Gasteiger partial charge < -0.3 is 19.5 Å². The van der Waals surface area contributed by atoms with Gasteiger partial charge in [0, 0.05) is 23.1 Å². The van der Waals surface area contributed by atoms with E-state index in [1.807, 2.05) is 24.3 Å². The number of amides is 2. The van der Waals surface area contributed by atoms with E-state index in [-0.39, 0.29) is 5.91 Å². The molecule has 0 bridgehead atoms. The molecule has 1 heterocycles. The largest absolute Gasteiger partial charge is 0.490 e. The molecular formula is C26H29N3O5. The first-order chi connectivity index (χ1) is 16.3. The van der Waals surface area contributed by atoms with Gasteiger partial charge in [-0.25, -0.2) is 4.79 Å². The zero-order chi connectivity index (χ0) is 24.4. The number of benzene rings is 2. The van der Waals surface area contributed by atoms with Crippen LogP contribution in [0.2, 0.25) is 0 Å². The summed E-state index contributed by atoms with van der Waals surface area (Å²) in [4.78, 5) is 28.4. The fraction of sp³-hybridized carbons (Fsp3) is 0.269. The van der Waals surface area contributed by atoms with Crippen LogP contribution in [-0.2, 0) is 16.1 Å².